The average Bonchev–Trinajstić information content (AvgIpc) is 2.62. The minimum Gasteiger partial charge on any atom is -0.370 e. The molecule has 0 fully saturated rings. The van der Waals surface area contributed by atoms with Gasteiger partial charge < -0.3 is 16.4 Å². The summed E-state index contributed by atoms with van der Waals surface area (Å²) in [7, 11) is 0. The van der Waals surface area contributed by atoms with Crippen LogP contribution in [-0.4, -0.2) is 17.7 Å². The topological polar surface area (TPSA) is 84.2 Å². The summed E-state index contributed by atoms with van der Waals surface area (Å²) in [5.74, 6) is 0.246. The number of rotatable bonds is 8. The van der Waals surface area contributed by atoms with Gasteiger partial charge in [-0.3, -0.25) is 4.79 Å². The van der Waals surface area contributed by atoms with Crippen molar-refractivity contribution in [1.82, 2.24) is 5.32 Å². The zero-order valence-electron chi connectivity index (χ0n) is 16.7. The largest absolute Gasteiger partial charge is 0.370 e. The van der Waals surface area contributed by atoms with Gasteiger partial charge in [-0.2, -0.15) is 0 Å². The highest BCUT2D eigenvalue weighted by Gasteiger charge is 2.22. The number of hydrogen-bond acceptors (Lipinski definition) is 3. The third kappa shape index (κ3) is 7.64. The van der Waals surface area contributed by atoms with Crippen LogP contribution in [-0.2, 0) is 4.79 Å². The molecular formula is C22H29N3O2S. The predicted molar refractivity (Wildman–Crippen MR) is 116 cm³/mol. The summed E-state index contributed by atoms with van der Waals surface area (Å²) < 4.78 is 0. The van der Waals surface area contributed by atoms with Gasteiger partial charge in [0.1, 0.15) is 0 Å². The van der Waals surface area contributed by atoms with Crippen LogP contribution < -0.4 is 16.4 Å². The van der Waals surface area contributed by atoms with Gasteiger partial charge in [-0.05, 0) is 29.5 Å². The second-order valence-corrected chi connectivity index (χ2v) is 9.02. The zero-order chi connectivity index (χ0) is 20.6. The van der Waals surface area contributed by atoms with Gasteiger partial charge in [0.2, 0.25) is 5.91 Å². The van der Waals surface area contributed by atoms with Crippen LogP contribution in [0.1, 0.15) is 45.2 Å². The number of thioether (sulfide) groups is 1. The fraction of sp³-hybridized carbons (Fsp3) is 0.364. The maximum absolute atomic E-state index is 12.7. The second kappa shape index (κ2) is 10.2. The van der Waals surface area contributed by atoms with Crippen LogP contribution in [0.25, 0.3) is 0 Å². The van der Waals surface area contributed by atoms with Gasteiger partial charge >= 0.3 is 6.03 Å². The molecule has 0 bridgehead atoms. The van der Waals surface area contributed by atoms with Gasteiger partial charge in [-0.15, -0.1) is 11.8 Å². The molecule has 0 saturated heterocycles. The third-order valence-corrected chi connectivity index (χ3v) is 5.14. The van der Waals surface area contributed by atoms with Crippen molar-refractivity contribution in [2.45, 2.75) is 44.6 Å². The Bertz CT molecular complexity index is 788. The quantitative estimate of drug-likeness (QED) is 0.549. The molecule has 2 aromatic carbocycles. The molecule has 2 aromatic rings. The van der Waals surface area contributed by atoms with Crippen molar-refractivity contribution in [1.29, 1.82) is 0 Å². The summed E-state index contributed by atoms with van der Waals surface area (Å²) in [5.41, 5.74) is 7.07. The first kappa shape index (κ1) is 21.8. The maximum Gasteiger partial charge on any atom is 0.319 e. The van der Waals surface area contributed by atoms with E-state index < -0.39 is 0 Å². The van der Waals surface area contributed by atoms with Crippen molar-refractivity contribution in [3.8, 4) is 0 Å². The molecule has 6 heteroatoms. The van der Waals surface area contributed by atoms with Crippen molar-refractivity contribution in [3.63, 3.8) is 0 Å². The summed E-state index contributed by atoms with van der Waals surface area (Å²) in [6, 6.07) is 17.2. The van der Waals surface area contributed by atoms with Crippen LogP contribution >= 0.6 is 11.8 Å². The summed E-state index contributed by atoms with van der Waals surface area (Å²) >= 11 is 1.50. The van der Waals surface area contributed by atoms with Crippen LogP contribution in [0.4, 0.5) is 10.5 Å². The average molecular weight is 400 g/mol. The lowest BCUT2D eigenvalue weighted by Gasteiger charge is -2.27. The van der Waals surface area contributed by atoms with Crippen molar-refractivity contribution >= 4 is 29.4 Å². The Balaban J connectivity index is 2.07. The summed E-state index contributed by atoms with van der Waals surface area (Å²) in [6.07, 6.45) is 1.12. The van der Waals surface area contributed by atoms with Crippen LogP contribution in [0.15, 0.2) is 59.5 Å². The van der Waals surface area contributed by atoms with E-state index in [1.165, 1.54) is 11.8 Å². The highest BCUT2D eigenvalue weighted by atomic mass is 32.2. The number of urea groups is 1. The Labute approximate surface area is 171 Å². The van der Waals surface area contributed by atoms with Crippen molar-refractivity contribution in [3.05, 3.63) is 60.2 Å². The fourth-order valence-electron chi connectivity index (χ4n) is 2.82. The molecule has 2 rings (SSSR count). The summed E-state index contributed by atoms with van der Waals surface area (Å²) in [4.78, 5) is 24.6. The lowest BCUT2D eigenvalue weighted by molar-refractivity contribution is -0.117. The number of amides is 3. The Morgan fingerprint density at radius 3 is 2.32 bits per heavy atom. The smallest absolute Gasteiger partial charge is 0.319 e. The first-order valence-corrected chi connectivity index (χ1v) is 10.4. The Kier molecular flexibility index (Phi) is 7.93. The molecule has 1 unspecified atom stereocenters. The third-order valence-electron chi connectivity index (χ3n) is 4.07. The number of primary amides is 1. The minimum atomic E-state index is -0.330. The van der Waals surface area contributed by atoms with E-state index in [2.05, 4.69) is 31.4 Å². The second-order valence-electron chi connectivity index (χ2n) is 7.89. The first-order chi connectivity index (χ1) is 13.2. The van der Waals surface area contributed by atoms with E-state index >= 15 is 0 Å². The molecule has 0 heterocycles. The summed E-state index contributed by atoms with van der Waals surface area (Å²) in [5, 5.41) is 6.05. The number of carbonyl (C=O) groups is 2. The number of nitrogens with two attached hydrogens (primary N) is 1. The molecule has 0 aliphatic rings. The summed E-state index contributed by atoms with van der Waals surface area (Å²) in [6.45, 7) is 6.48. The van der Waals surface area contributed by atoms with Crippen LogP contribution in [0, 0.1) is 5.41 Å². The van der Waals surface area contributed by atoms with Crippen LogP contribution in [0.5, 0.6) is 0 Å². The van der Waals surface area contributed by atoms with E-state index in [4.69, 9.17) is 5.73 Å². The standard InChI is InChI=1S/C22H29N3O2S/c1-22(2,3)15-18(16-9-5-4-6-10-16)25-21(27)24-17-11-7-8-12-19(17)28-14-13-20(23)26/h4-12,18H,13-15H2,1-3H3,(H2,23,26)(H2,24,25,27). The number of hydrogen-bond donors (Lipinski definition) is 3. The van der Waals surface area contributed by atoms with Gasteiger partial charge in [0.05, 0.1) is 11.7 Å². The van der Waals surface area contributed by atoms with E-state index in [-0.39, 0.29) is 23.4 Å². The molecule has 0 aliphatic carbocycles. The molecule has 0 saturated carbocycles. The highest BCUT2D eigenvalue weighted by molar-refractivity contribution is 7.99. The lowest BCUT2D eigenvalue weighted by Crippen LogP contribution is -2.34. The minimum absolute atomic E-state index is 0.0658. The van der Waals surface area contributed by atoms with Crippen LogP contribution in [0.3, 0.4) is 0 Å². The Morgan fingerprint density at radius 2 is 1.68 bits per heavy atom. The van der Waals surface area contributed by atoms with E-state index in [1.54, 1.807) is 0 Å². The molecule has 150 valence electrons. The molecule has 4 N–H and O–H groups in total. The van der Waals surface area contributed by atoms with Crippen molar-refractivity contribution in [2.24, 2.45) is 11.1 Å². The van der Waals surface area contributed by atoms with E-state index in [1.807, 2.05) is 54.6 Å². The van der Waals surface area contributed by atoms with Gasteiger partial charge in [0.25, 0.3) is 0 Å². The fourth-order valence-corrected chi connectivity index (χ4v) is 3.80. The highest BCUT2D eigenvalue weighted by Crippen LogP contribution is 2.30. The van der Waals surface area contributed by atoms with Crippen molar-refractivity contribution in [2.75, 3.05) is 11.1 Å². The number of benzene rings is 2. The molecule has 28 heavy (non-hydrogen) atoms. The first-order valence-electron chi connectivity index (χ1n) is 9.37. The zero-order valence-corrected chi connectivity index (χ0v) is 17.5. The maximum atomic E-state index is 12.7. The van der Waals surface area contributed by atoms with Gasteiger partial charge in [0.15, 0.2) is 0 Å². The van der Waals surface area contributed by atoms with Gasteiger partial charge in [-0.25, -0.2) is 4.79 Å². The van der Waals surface area contributed by atoms with E-state index in [9.17, 15) is 9.59 Å². The molecule has 3 amide bonds. The van der Waals surface area contributed by atoms with E-state index in [0.29, 0.717) is 12.2 Å². The monoisotopic (exact) mass is 399 g/mol. The normalized spacial score (nSPS) is 12.2. The molecule has 1 atom stereocenters. The molecule has 0 aromatic heterocycles. The number of para-hydroxylation sites is 1. The van der Waals surface area contributed by atoms with Crippen molar-refractivity contribution < 1.29 is 9.59 Å². The molecular weight excluding hydrogens is 370 g/mol. The molecule has 0 spiro atoms. The molecule has 0 aliphatic heterocycles. The van der Waals surface area contributed by atoms with Gasteiger partial charge in [0, 0.05) is 17.1 Å². The van der Waals surface area contributed by atoms with Gasteiger partial charge in [-0.1, -0.05) is 63.2 Å². The Morgan fingerprint density at radius 1 is 1.04 bits per heavy atom. The SMILES string of the molecule is CC(C)(C)CC(NC(=O)Nc1ccccc1SCCC(N)=O)c1ccccc1. The molecule has 0 radical (unpaired) electrons. The number of carbonyl (C=O) groups excluding carboxylic acids is 2. The van der Waals surface area contributed by atoms with Crippen LogP contribution in [0.2, 0.25) is 0 Å². The van der Waals surface area contributed by atoms with E-state index in [0.717, 1.165) is 22.6 Å². The lowest BCUT2D eigenvalue weighted by atomic mass is 9.85. The predicted octanol–water partition coefficient (Wildman–Crippen LogP) is 4.95. The molecule has 5 nitrogen and oxygen atoms in total. The number of nitrogens with one attached hydrogen (secondary N) is 2. The number of anilines is 1. The Hall–Kier alpha value is -2.47.